The Balaban J connectivity index is 1.64. The van der Waals surface area contributed by atoms with Crippen LogP contribution in [0.2, 0.25) is 5.02 Å². The number of anilines is 2. The highest BCUT2D eigenvalue weighted by atomic mass is 35.5. The van der Waals surface area contributed by atoms with Crippen molar-refractivity contribution >= 4 is 51.4 Å². The van der Waals surface area contributed by atoms with E-state index in [1.165, 1.54) is 7.05 Å². The lowest BCUT2D eigenvalue weighted by molar-refractivity contribution is -0.117. The molecule has 10 heteroatoms. The minimum atomic E-state index is -0.553. The lowest BCUT2D eigenvalue weighted by Gasteiger charge is -2.35. The zero-order valence-corrected chi connectivity index (χ0v) is 19.9. The Morgan fingerprint density at radius 3 is 2.38 bits per heavy atom. The smallest absolute Gasteiger partial charge is 0.341 e. The molecule has 1 aromatic heterocycles. The Kier molecular flexibility index (Phi) is 8.11. The predicted octanol–water partition coefficient (Wildman–Crippen LogP) is 3.01. The largest absolute Gasteiger partial charge is 0.462 e. The monoisotopic (exact) mass is 478 g/mol. The van der Waals surface area contributed by atoms with Gasteiger partial charge in [-0.15, -0.1) is 11.3 Å². The molecule has 1 aliphatic rings. The Labute approximate surface area is 196 Å². The van der Waals surface area contributed by atoms with Crippen LogP contribution in [0.3, 0.4) is 0 Å². The second kappa shape index (κ2) is 10.8. The van der Waals surface area contributed by atoms with Crippen LogP contribution in [0.1, 0.15) is 32.5 Å². The van der Waals surface area contributed by atoms with E-state index in [0.29, 0.717) is 20.5 Å². The molecule has 8 nitrogen and oxygen atoms in total. The van der Waals surface area contributed by atoms with Crippen molar-refractivity contribution in [2.75, 3.05) is 56.6 Å². The van der Waals surface area contributed by atoms with Gasteiger partial charge in [0.25, 0.3) is 5.91 Å². The van der Waals surface area contributed by atoms with Crippen molar-refractivity contribution < 1.29 is 19.1 Å². The van der Waals surface area contributed by atoms with Crippen LogP contribution >= 0.6 is 22.9 Å². The summed E-state index contributed by atoms with van der Waals surface area (Å²) in [6.45, 7) is 6.84. The maximum Gasteiger partial charge on any atom is 0.341 e. The first-order chi connectivity index (χ1) is 15.3. The highest BCUT2D eigenvalue weighted by Crippen LogP contribution is 2.33. The predicted molar refractivity (Wildman–Crippen MR) is 127 cm³/mol. The number of hydrogen-bond donors (Lipinski definition) is 2. The van der Waals surface area contributed by atoms with Gasteiger partial charge < -0.3 is 20.3 Å². The molecule has 0 saturated carbocycles. The summed E-state index contributed by atoms with van der Waals surface area (Å²) in [6, 6.07) is 7.72. The average Bonchev–Trinajstić information content (AvgIpc) is 3.10. The van der Waals surface area contributed by atoms with Crippen molar-refractivity contribution in [3.8, 4) is 0 Å². The first kappa shape index (κ1) is 24.0. The Morgan fingerprint density at radius 1 is 1.12 bits per heavy atom. The molecule has 2 heterocycles. The third-order valence-electron chi connectivity index (χ3n) is 5.24. The number of hydrogen-bond acceptors (Lipinski definition) is 7. The molecule has 1 aliphatic heterocycles. The third kappa shape index (κ3) is 5.59. The van der Waals surface area contributed by atoms with Gasteiger partial charge in [0.1, 0.15) is 5.00 Å². The molecule has 32 heavy (non-hydrogen) atoms. The molecule has 0 unspecified atom stereocenters. The van der Waals surface area contributed by atoms with Gasteiger partial charge >= 0.3 is 5.97 Å². The summed E-state index contributed by atoms with van der Waals surface area (Å²) < 4.78 is 5.13. The van der Waals surface area contributed by atoms with Gasteiger partial charge in [-0.05, 0) is 43.7 Å². The van der Waals surface area contributed by atoms with E-state index < -0.39 is 5.97 Å². The van der Waals surface area contributed by atoms with Crippen LogP contribution in [-0.4, -0.2) is 69.1 Å². The van der Waals surface area contributed by atoms with Gasteiger partial charge in [0, 0.05) is 43.9 Å². The number of nitrogens with zero attached hydrogens (tertiary/aromatic N) is 2. The molecule has 1 aromatic carbocycles. The molecular weight excluding hydrogens is 452 g/mol. The van der Waals surface area contributed by atoms with E-state index in [1.54, 1.807) is 13.8 Å². The second-order valence-corrected chi connectivity index (χ2v) is 8.80. The summed E-state index contributed by atoms with van der Waals surface area (Å²) in [7, 11) is 1.52. The molecule has 3 rings (SSSR count). The number of thiophene rings is 1. The minimum Gasteiger partial charge on any atom is -0.462 e. The number of esters is 1. The molecule has 1 fully saturated rings. The maximum atomic E-state index is 12.7. The fourth-order valence-corrected chi connectivity index (χ4v) is 4.85. The highest BCUT2D eigenvalue weighted by Gasteiger charge is 2.27. The van der Waals surface area contributed by atoms with E-state index >= 15 is 0 Å². The summed E-state index contributed by atoms with van der Waals surface area (Å²) in [5.74, 6) is -1.10. The van der Waals surface area contributed by atoms with Gasteiger partial charge in [0.15, 0.2) is 0 Å². The van der Waals surface area contributed by atoms with Crippen LogP contribution in [0.15, 0.2) is 24.3 Å². The van der Waals surface area contributed by atoms with Gasteiger partial charge in [-0.1, -0.05) is 11.6 Å². The summed E-state index contributed by atoms with van der Waals surface area (Å²) in [6.07, 6.45) is 0. The van der Waals surface area contributed by atoms with E-state index in [2.05, 4.69) is 20.4 Å². The number of nitrogens with one attached hydrogen (secondary N) is 2. The van der Waals surface area contributed by atoms with Crippen molar-refractivity contribution in [3.63, 3.8) is 0 Å². The van der Waals surface area contributed by atoms with Gasteiger partial charge in [0.2, 0.25) is 5.91 Å². The first-order valence-electron chi connectivity index (χ1n) is 10.4. The number of carbonyl (C=O) groups is 3. The van der Waals surface area contributed by atoms with Crippen LogP contribution in [0.4, 0.5) is 10.7 Å². The van der Waals surface area contributed by atoms with Crippen LogP contribution in [0.25, 0.3) is 0 Å². The van der Waals surface area contributed by atoms with E-state index in [1.807, 2.05) is 24.3 Å². The number of carbonyl (C=O) groups excluding carboxylic acids is 3. The number of benzene rings is 1. The van der Waals surface area contributed by atoms with E-state index in [0.717, 1.165) is 43.2 Å². The Morgan fingerprint density at radius 2 is 1.78 bits per heavy atom. The van der Waals surface area contributed by atoms with Crippen molar-refractivity contribution in [1.29, 1.82) is 0 Å². The molecule has 1 saturated heterocycles. The lowest BCUT2D eigenvalue weighted by Crippen LogP contribution is -2.48. The number of amides is 2. The molecule has 0 aliphatic carbocycles. The molecule has 2 aromatic rings. The summed E-state index contributed by atoms with van der Waals surface area (Å²) in [5.41, 5.74) is 1.84. The van der Waals surface area contributed by atoms with E-state index in [9.17, 15) is 14.4 Å². The fraction of sp³-hybridized carbons (Fsp3) is 0.409. The molecule has 172 valence electrons. The number of piperazine rings is 1. The number of ether oxygens (including phenoxy) is 1. The quantitative estimate of drug-likeness (QED) is 0.594. The van der Waals surface area contributed by atoms with E-state index in [-0.39, 0.29) is 30.5 Å². The normalized spacial score (nSPS) is 14.2. The van der Waals surface area contributed by atoms with Gasteiger partial charge in [-0.2, -0.15) is 0 Å². The van der Waals surface area contributed by atoms with Crippen LogP contribution in [0, 0.1) is 6.92 Å². The molecule has 2 amide bonds. The second-order valence-electron chi connectivity index (χ2n) is 7.35. The van der Waals surface area contributed by atoms with Gasteiger partial charge in [-0.3, -0.25) is 14.5 Å². The van der Waals surface area contributed by atoms with Crippen LogP contribution < -0.4 is 15.5 Å². The van der Waals surface area contributed by atoms with Crippen LogP contribution in [0.5, 0.6) is 0 Å². The minimum absolute atomic E-state index is 0.197. The number of halogens is 1. The topological polar surface area (TPSA) is 91.0 Å². The summed E-state index contributed by atoms with van der Waals surface area (Å²) in [4.78, 5) is 42.0. The summed E-state index contributed by atoms with van der Waals surface area (Å²) >= 11 is 7.04. The van der Waals surface area contributed by atoms with Gasteiger partial charge in [0.05, 0.1) is 23.6 Å². The van der Waals surface area contributed by atoms with Crippen molar-refractivity contribution in [3.05, 3.63) is 45.3 Å². The van der Waals surface area contributed by atoms with Crippen molar-refractivity contribution in [2.24, 2.45) is 0 Å². The number of rotatable bonds is 7. The fourth-order valence-electron chi connectivity index (χ4n) is 3.57. The SMILES string of the molecule is CCOC(=O)c1c(NC(=O)CN2CCN(c3ccc(Cl)cc3)CC2)sc(C(=O)NC)c1C. The average molecular weight is 479 g/mol. The zero-order chi connectivity index (χ0) is 23.3. The first-order valence-corrected chi connectivity index (χ1v) is 11.6. The standard InChI is InChI=1S/C22H27ClN4O4S/c1-4-31-22(30)18-14(2)19(20(29)24-3)32-21(18)25-17(28)13-26-9-11-27(12-10-26)16-7-5-15(23)6-8-16/h5-8H,4,9-13H2,1-3H3,(H,24,29)(H,25,28). The summed E-state index contributed by atoms with van der Waals surface area (Å²) in [5, 5.41) is 6.42. The molecule has 0 radical (unpaired) electrons. The Hall–Kier alpha value is -2.62. The molecule has 0 spiro atoms. The van der Waals surface area contributed by atoms with Gasteiger partial charge in [-0.25, -0.2) is 4.79 Å². The molecular formula is C22H27ClN4O4S. The highest BCUT2D eigenvalue weighted by molar-refractivity contribution is 7.18. The van der Waals surface area contributed by atoms with Crippen molar-refractivity contribution in [2.45, 2.75) is 13.8 Å². The molecule has 2 N–H and O–H groups in total. The lowest BCUT2D eigenvalue weighted by atomic mass is 10.1. The van der Waals surface area contributed by atoms with E-state index in [4.69, 9.17) is 16.3 Å². The maximum absolute atomic E-state index is 12.7. The van der Waals surface area contributed by atoms with Crippen molar-refractivity contribution in [1.82, 2.24) is 10.2 Å². The molecule has 0 atom stereocenters. The zero-order valence-electron chi connectivity index (χ0n) is 18.4. The molecule has 0 bridgehead atoms. The van der Waals surface area contributed by atoms with Crippen LogP contribution in [-0.2, 0) is 9.53 Å². The third-order valence-corrected chi connectivity index (χ3v) is 6.70. The Bertz CT molecular complexity index is 985.